The SMILES string of the molecule is CCCCCCCC/C=C\CCCCCCCC(=O)O.CCCCOC(=O)CCCCCCCCC(=O)OCCCC.O=[Si]=O.[NH4+].[OH-]. The molecule has 47 heavy (non-hydrogen) atoms. The number of carbonyl (C=O) groups excluding carboxylic acids is 2. The van der Waals surface area contributed by atoms with Gasteiger partial charge in [0, 0.05) is 19.3 Å². The maximum Gasteiger partial charge on any atom is 0.549 e. The summed E-state index contributed by atoms with van der Waals surface area (Å²) in [4.78, 5) is 33.0. The van der Waals surface area contributed by atoms with Crippen molar-refractivity contribution in [1.29, 1.82) is 0 Å². The summed E-state index contributed by atoms with van der Waals surface area (Å²) in [5.41, 5.74) is 0. The fourth-order valence-corrected chi connectivity index (χ4v) is 4.40. The van der Waals surface area contributed by atoms with Gasteiger partial charge in [0.25, 0.3) is 0 Å². The number of ether oxygens (including phenoxy) is 2. The molecule has 0 fully saturated rings. The minimum Gasteiger partial charge on any atom is -0.870 e. The van der Waals surface area contributed by atoms with Gasteiger partial charge in [-0.25, -0.2) is 0 Å². The van der Waals surface area contributed by atoms with E-state index in [0.29, 0.717) is 32.5 Å². The van der Waals surface area contributed by atoms with E-state index in [9.17, 15) is 14.4 Å². The lowest BCUT2D eigenvalue weighted by atomic mass is 10.1. The second-order valence-corrected chi connectivity index (χ2v) is 11.7. The number of carbonyl (C=O) groups is 3. The van der Waals surface area contributed by atoms with Crippen LogP contribution in [0.15, 0.2) is 12.2 Å². The normalized spacial score (nSPS) is 9.85. The lowest BCUT2D eigenvalue weighted by Gasteiger charge is -2.05. The van der Waals surface area contributed by atoms with Crippen LogP contribution in [-0.2, 0) is 32.8 Å². The Kier molecular flexibility index (Phi) is 58.7. The van der Waals surface area contributed by atoms with Crippen molar-refractivity contribution in [2.24, 2.45) is 0 Å². The van der Waals surface area contributed by atoms with E-state index in [-0.39, 0.29) is 23.6 Å². The second kappa shape index (κ2) is 50.7. The molecule has 0 bridgehead atoms. The number of carboxylic acid groups (broad SMARTS) is 1. The van der Waals surface area contributed by atoms with Crippen LogP contribution in [0.3, 0.4) is 0 Å². The lowest BCUT2D eigenvalue weighted by molar-refractivity contribution is -0.144. The molecule has 0 unspecified atom stereocenters. The Morgan fingerprint density at radius 2 is 0.809 bits per heavy atom. The molecule has 0 saturated heterocycles. The summed E-state index contributed by atoms with van der Waals surface area (Å²) < 4.78 is 27.0. The van der Waals surface area contributed by atoms with Crippen LogP contribution in [0.25, 0.3) is 0 Å². The van der Waals surface area contributed by atoms with Gasteiger partial charge >= 0.3 is 27.2 Å². The van der Waals surface area contributed by atoms with Gasteiger partial charge in [0.15, 0.2) is 0 Å². The van der Waals surface area contributed by atoms with Crippen molar-refractivity contribution in [2.75, 3.05) is 13.2 Å². The first-order valence-electron chi connectivity index (χ1n) is 18.1. The average molecular weight is 692 g/mol. The number of rotatable bonds is 30. The highest BCUT2D eigenvalue weighted by Crippen LogP contribution is 2.11. The average Bonchev–Trinajstić information content (AvgIpc) is 3.01. The summed E-state index contributed by atoms with van der Waals surface area (Å²) in [5, 5.41) is 8.51. The van der Waals surface area contributed by atoms with Gasteiger partial charge in [-0.3, -0.25) is 23.3 Å². The van der Waals surface area contributed by atoms with E-state index in [1.165, 1.54) is 70.6 Å². The Bertz CT molecular complexity index is 687. The number of hydrogen-bond donors (Lipinski definition) is 2. The molecule has 11 heteroatoms. The van der Waals surface area contributed by atoms with Crippen LogP contribution in [0.2, 0.25) is 0 Å². The van der Waals surface area contributed by atoms with Crippen LogP contribution in [0.1, 0.15) is 188 Å². The van der Waals surface area contributed by atoms with Crippen molar-refractivity contribution in [1.82, 2.24) is 6.15 Å². The monoisotopic (exact) mass is 692 g/mol. The molecular weight excluding hydrogens is 618 g/mol. The quantitative estimate of drug-likeness (QED) is 0.0319. The first-order valence-corrected chi connectivity index (χ1v) is 18.9. The van der Waals surface area contributed by atoms with Crippen molar-refractivity contribution in [3.63, 3.8) is 0 Å². The standard InChI is InChI=1S/C18H34O4.C18H34O2.H3N.O2Si.H2O/c1-3-5-15-21-17(19)13-11-9-7-8-10-12-14-18(20)22-16-6-4-2;1-2-3-4-5-6-7-8-9-10-11-12-13-14-15-16-17-18(19)20;;1-3-2;/h3-16H2,1-2H3;9-10H,2-8,11-17H2,1H3,(H,19,20);1H3;;1H2/b;10-9-;;;. The van der Waals surface area contributed by atoms with E-state index in [1.54, 1.807) is 0 Å². The van der Waals surface area contributed by atoms with Crippen molar-refractivity contribution in [2.45, 2.75) is 188 Å². The highest BCUT2D eigenvalue weighted by molar-refractivity contribution is 5.94. The van der Waals surface area contributed by atoms with Gasteiger partial charge in [0.05, 0.1) is 13.2 Å². The molecule has 280 valence electrons. The Balaban J connectivity index is -0.000000222. The summed E-state index contributed by atoms with van der Waals surface area (Å²) in [5.74, 6) is -0.797. The number of quaternary nitrogens is 1. The summed E-state index contributed by atoms with van der Waals surface area (Å²) >= 11 is 0. The van der Waals surface area contributed by atoms with Gasteiger partial charge < -0.3 is 26.2 Å². The molecule has 10 nitrogen and oxygen atoms in total. The third kappa shape index (κ3) is 59.8. The predicted octanol–water partition coefficient (Wildman–Crippen LogP) is 10.5. The van der Waals surface area contributed by atoms with Gasteiger partial charge in [0.1, 0.15) is 0 Å². The van der Waals surface area contributed by atoms with E-state index < -0.39 is 15.3 Å². The van der Waals surface area contributed by atoms with Gasteiger partial charge in [0.2, 0.25) is 0 Å². The van der Waals surface area contributed by atoms with Crippen LogP contribution in [0.5, 0.6) is 0 Å². The zero-order valence-corrected chi connectivity index (χ0v) is 31.7. The Morgan fingerprint density at radius 3 is 1.15 bits per heavy atom. The lowest BCUT2D eigenvalue weighted by Crippen LogP contribution is -2.05. The minimum absolute atomic E-state index is 0. The topological polar surface area (TPSA) is 191 Å². The molecule has 0 heterocycles. The Labute approximate surface area is 289 Å². The van der Waals surface area contributed by atoms with Gasteiger partial charge in [-0.2, -0.15) is 0 Å². The maximum atomic E-state index is 11.4. The number of esters is 2. The number of unbranched alkanes of at least 4 members (excludes halogenated alkanes) is 18. The van der Waals surface area contributed by atoms with Crippen molar-refractivity contribution in [3.05, 3.63) is 12.2 Å². The summed E-state index contributed by atoms with van der Waals surface area (Å²) in [7, 11) is -1.42. The van der Waals surface area contributed by atoms with E-state index >= 15 is 0 Å². The minimum atomic E-state index is -1.42. The van der Waals surface area contributed by atoms with Crippen molar-refractivity contribution in [3.8, 4) is 0 Å². The molecule has 0 radical (unpaired) electrons. The molecule has 0 saturated carbocycles. The van der Waals surface area contributed by atoms with Crippen LogP contribution in [0.4, 0.5) is 0 Å². The number of allylic oxidation sites excluding steroid dienone is 2. The molecule has 0 aliphatic heterocycles. The Morgan fingerprint density at radius 1 is 0.511 bits per heavy atom. The molecule has 0 rings (SSSR count). The van der Waals surface area contributed by atoms with Crippen LogP contribution >= 0.6 is 0 Å². The highest BCUT2D eigenvalue weighted by atomic mass is 28.2. The first kappa shape index (κ1) is 54.3. The van der Waals surface area contributed by atoms with E-state index in [4.69, 9.17) is 23.5 Å². The van der Waals surface area contributed by atoms with Crippen LogP contribution < -0.4 is 6.15 Å². The summed E-state index contributed by atoms with van der Waals surface area (Å²) in [6, 6.07) is 0. The zero-order valence-electron chi connectivity index (χ0n) is 30.7. The van der Waals surface area contributed by atoms with Gasteiger partial charge in [-0.1, -0.05) is 123 Å². The van der Waals surface area contributed by atoms with Gasteiger partial charge in [-0.15, -0.1) is 0 Å². The molecule has 0 amide bonds. The van der Waals surface area contributed by atoms with Crippen LogP contribution in [0, 0.1) is 0 Å². The first-order chi connectivity index (χ1) is 21.9. The number of carboxylic acids is 1. The largest absolute Gasteiger partial charge is 0.870 e. The highest BCUT2D eigenvalue weighted by Gasteiger charge is 2.04. The van der Waals surface area contributed by atoms with Crippen molar-refractivity contribution >= 4 is 27.2 Å². The van der Waals surface area contributed by atoms with Crippen molar-refractivity contribution < 1.29 is 43.4 Å². The Hall–Kier alpha value is -2.11. The molecule has 0 aromatic carbocycles. The number of aliphatic carboxylic acids is 1. The van der Waals surface area contributed by atoms with Crippen LogP contribution in [-0.4, -0.2) is 51.0 Å². The maximum absolute atomic E-state index is 11.4. The molecule has 6 N–H and O–H groups in total. The predicted molar refractivity (Wildman–Crippen MR) is 191 cm³/mol. The molecule has 0 atom stereocenters. The fraction of sp³-hybridized carbons (Fsp3) is 0.861. The summed E-state index contributed by atoms with van der Waals surface area (Å²) in [6.07, 6.45) is 32.5. The molecule has 0 spiro atoms. The zero-order chi connectivity index (χ0) is 34.1. The molecule has 0 aromatic rings. The second-order valence-electron chi connectivity index (χ2n) is 11.6. The molecule has 0 aromatic heterocycles. The molecule has 0 aliphatic carbocycles. The fourth-order valence-electron chi connectivity index (χ4n) is 4.40. The third-order valence-corrected chi connectivity index (χ3v) is 7.19. The molecule has 0 aliphatic rings. The summed E-state index contributed by atoms with van der Waals surface area (Å²) in [6.45, 7) is 7.54. The smallest absolute Gasteiger partial charge is 0.549 e. The van der Waals surface area contributed by atoms with E-state index in [1.807, 2.05) is 0 Å². The van der Waals surface area contributed by atoms with Gasteiger partial charge in [-0.05, 0) is 57.8 Å². The third-order valence-electron chi connectivity index (χ3n) is 7.19. The van der Waals surface area contributed by atoms with E-state index in [0.717, 1.165) is 77.0 Å². The number of hydrogen-bond acceptors (Lipinski definition) is 8. The van der Waals surface area contributed by atoms with E-state index in [2.05, 4.69) is 32.9 Å². The molecular formula is C36H73NO9Si.